The fourth-order valence-electron chi connectivity index (χ4n) is 2.09. The molecule has 2 aromatic rings. The van der Waals surface area contributed by atoms with Gasteiger partial charge in [0.15, 0.2) is 0 Å². The van der Waals surface area contributed by atoms with Crippen LogP contribution in [-0.4, -0.2) is 35.2 Å². The summed E-state index contributed by atoms with van der Waals surface area (Å²) in [5, 5.41) is 6.80. The number of rotatable bonds is 5. The van der Waals surface area contributed by atoms with E-state index < -0.39 is 6.04 Å². The maximum absolute atomic E-state index is 12.1. The van der Waals surface area contributed by atoms with E-state index in [2.05, 4.69) is 26.1 Å². The highest BCUT2D eigenvalue weighted by atomic mass is 79.9. The van der Waals surface area contributed by atoms with Gasteiger partial charge in [-0.2, -0.15) is 5.10 Å². The lowest BCUT2D eigenvalue weighted by atomic mass is 10.1. The Labute approximate surface area is 126 Å². The number of nitrogens with zero attached hydrogens (tertiary/aromatic N) is 2. The summed E-state index contributed by atoms with van der Waals surface area (Å²) in [6, 6.07) is 9.08. The third-order valence-electron chi connectivity index (χ3n) is 3.01. The molecule has 0 aliphatic carbocycles. The Morgan fingerprint density at radius 1 is 1.50 bits per heavy atom. The molecule has 0 bridgehead atoms. The smallest absolute Gasteiger partial charge is 0.327 e. The first-order valence-corrected chi connectivity index (χ1v) is 6.93. The van der Waals surface area contributed by atoms with E-state index >= 15 is 0 Å². The highest BCUT2D eigenvalue weighted by Crippen LogP contribution is 2.25. The van der Waals surface area contributed by atoms with Crippen molar-refractivity contribution in [2.75, 3.05) is 14.2 Å². The number of halogens is 1. The first-order chi connectivity index (χ1) is 9.61. The van der Waals surface area contributed by atoms with Gasteiger partial charge in [-0.1, -0.05) is 28.1 Å². The summed E-state index contributed by atoms with van der Waals surface area (Å²) in [5.41, 5.74) is 1.82. The predicted octanol–water partition coefficient (Wildman–Crippen LogP) is 2.52. The number of carbonyl (C=O) groups is 1. The molecule has 1 N–H and O–H groups in total. The number of hydrogen-bond donors (Lipinski definition) is 1. The van der Waals surface area contributed by atoms with Crippen LogP contribution in [0, 0.1) is 0 Å². The minimum absolute atomic E-state index is 0.287. The Morgan fingerprint density at radius 2 is 2.30 bits per heavy atom. The van der Waals surface area contributed by atoms with Crippen LogP contribution in [-0.2, 0) is 16.1 Å². The van der Waals surface area contributed by atoms with Crippen molar-refractivity contribution in [2.45, 2.75) is 12.6 Å². The lowest BCUT2D eigenvalue weighted by molar-refractivity contribution is -0.147. The van der Waals surface area contributed by atoms with Gasteiger partial charge in [-0.15, -0.1) is 0 Å². The van der Waals surface area contributed by atoms with Gasteiger partial charge in [0.2, 0.25) is 0 Å². The molecule has 2 rings (SSSR count). The van der Waals surface area contributed by atoms with Gasteiger partial charge in [0.25, 0.3) is 0 Å². The fourth-order valence-corrected chi connectivity index (χ4v) is 2.51. The summed E-state index contributed by atoms with van der Waals surface area (Å²) in [6.45, 7) is 0.576. The number of aromatic nitrogens is 2. The van der Waals surface area contributed by atoms with Crippen molar-refractivity contribution < 1.29 is 9.53 Å². The van der Waals surface area contributed by atoms with Crippen molar-refractivity contribution in [3.63, 3.8) is 0 Å². The first kappa shape index (κ1) is 14.7. The predicted molar refractivity (Wildman–Crippen MR) is 79.0 cm³/mol. The largest absolute Gasteiger partial charge is 0.468 e. The van der Waals surface area contributed by atoms with Gasteiger partial charge in [-0.3, -0.25) is 10.00 Å². The van der Waals surface area contributed by atoms with Crippen LogP contribution in [0.1, 0.15) is 17.3 Å². The van der Waals surface area contributed by atoms with Crippen LogP contribution in [0.5, 0.6) is 0 Å². The van der Waals surface area contributed by atoms with Crippen molar-refractivity contribution in [1.82, 2.24) is 15.1 Å². The van der Waals surface area contributed by atoms with E-state index in [0.29, 0.717) is 6.54 Å². The van der Waals surface area contributed by atoms with Crippen molar-refractivity contribution in [3.05, 3.63) is 52.3 Å². The summed E-state index contributed by atoms with van der Waals surface area (Å²) >= 11 is 3.42. The van der Waals surface area contributed by atoms with Gasteiger partial charge in [-0.05, 0) is 30.8 Å². The fraction of sp³-hybridized carbons (Fsp3) is 0.286. The molecule has 0 saturated carbocycles. The second-order valence-corrected chi connectivity index (χ2v) is 5.39. The van der Waals surface area contributed by atoms with Gasteiger partial charge >= 0.3 is 5.97 Å². The zero-order chi connectivity index (χ0) is 14.5. The quantitative estimate of drug-likeness (QED) is 0.851. The zero-order valence-electron chi connectivity index (χ0n) is 11.3. The van der Waals surface area contributed by atoms with Crippen molar-refractivity contribution >= 4 is 21.9 Å². The third-order valence-corrected chi connectivity index (χ3v) is 3.50. The molecule has 0 amide bonds. The minimum Gasteiger partial charge on any atom is -0.468 e. The van der Waals surface area contributed by atoms with Crippen LogP contribution >= 0.6 is 15.9 Å². The molecule has 1 atom stereocenters. The number of hydrogen-bond acceptors (Lipinski definition) is 4. The molecule has 0 aliphatic rings. The number of H-pyrrole nitrogens is 1. The minimum atomic E-state index is -0.458. The van der Waals surface area contributed by atoms with Crippen LogP contribution in [0.4, 0.5) is 0 Å². The summed E-state index contributed by atoms with van der Waals surface area (Å²) in [4.78, 5) is 14.0. The Morgan fingerprint density at radius 3 is 2.90 bits per heavy atom. The van der Waals surface area contributed by atoms with Crippen molar-refractivity contribution in [2.24, 2.45) is 0 Å². The molecule has 1 heterocycles. The number of likely N-dealkylation sites (N-methyl/N-ethyl adjacent to an activating group) is 1. The molecular weight excluding hydrogens is 322 g/mol. The molecule has 0 fully saturated rings. The van der Waals surface area contributed by atoms with E-state index in [0.717, 1.165) is 15.7 Å². The molecule has 0 saturated heterocycles. The number of esters is 1. The number of ether oxygens (including phenoxy) is 1. The van der Waals surface area contributed by atoms with Gasteiger partial charge in [0, 0.05) is 22.9 Å². The van der Waals surface area contributed by atoms with Crippen molar-refractivity contribution in [1.29, 1.82) is 0 Å². The van der Waals surface area contributed by atoms with E-state index in [1.807, 2.05) is 42.3 Å². The van der Waals surface area contributed by atoms with E-state index in [1.165, 1.54) is 7.11 Å². The Kier molecular flexibility index (Phi) is 4.92. The maximum atomic E-state index is 12.1. The zero-order valence-corrected chi connectivity index (χ0v) is 12.9. The second kappa shape index (κ2) is 6.67. The van der Waals surface area contributed by atoms with Crippen molar-refractivity contribution in [3.8, 4) is 0 Å². The number of methoxy groups -OCH3 is 1. The molecule has 0 radical (unpaired) electrons. The van der Waals surface area contributed by atoms with Crippen LogP contribution in [0.15, 0.2) is 41.0 Å². The SMILES string of the molecule is COC(=O)[C@H](c1cccc(Br)c1)N(C)Cc1ccn[nH]1. The average Bonchev–Trinajstić information content (AvgIpc) is 2.91. The molecule has 20 heavy (non-hydrogen) atoms. The Hall–Kier alpha value is -1.66. The molecule has 5 nitrogen and oxygen atoms in total. The molecule has 1 aromatic heterocycles. The Balaban J connectivity index is 2.25. The van der Waals surface area contributed by atoms with Crippen LogP contribution < -0.4 is 0 Å². The Bertz CT molecular complexity index is 572. The van der Waals surface area contributed by atoms with Crippen LogP contribution in [0.25, 0.3) is 0 Å². The number of nitrogens with one attached hydrogen (secondary N) is 1. The topological polar surface area (TPSA) is 58.2 Å². The lowest BCUT2D eigenvalue weighted by Crippen LogP contribution is -2.31. The monoisotopic (exact) mass is 337 g/mol. The normalized spacial score (nSPS) is 12.4. The van der Waals surface area contributed by atoms with Crippen LogP contribution in [0.2, 0.25) is 0 Å². The second-order valence-electron chi connectivity index (χ2n) is 4.48. The number of carbonyl (C=O) groups excluding carboxylic acids is 1. The van der Waals surface area contributed by atoms with E-state index in [-0.39, 0.29) is 5.97 Å². The summed E-state index contributed by atoms with van der Waals surface area (Å²) < 4.78 is 5.85. The maximum Gasteiger partial charge on any atom is 0.327 e. The van der Waals surface area contributed by atoms with Gasteiger partial charge in [0.1, 0.15) is 6.04 Å². The molecule has 0 unspecified atom stereocenters. The highest BCUT2D eigenvalue weighted by molar-refractivity contribution is 9.10. The average molecular weight is 338 g/mol. The van der Waals surface area contributed by atoms with E-state index in [1.54, 1.807) is 6.20 Å². The summed E-state index contributed by atoms with van der Waals surface area (Å²) in [5.74, 6) is -0.287. The third kappa shape index (κ3) is 3.46. The molecule has 1 aromatic carbocycles. The van der Waals surface area contributed by atoms with Gasteiger partial charge in [-0.25, -0.2) is 4.79 Å². The lowest BCUT2D eigenvalue weighted by Gasteiger charge is -2.25. The first-order valence-electron chi connectivity index (χ1n) is 6.13. The molecule has 0 aliphatic heterocycles. The van der Waals surface area contributed by atoms with Crippen LogP contribution in [0.3, 0.4) is 0 Å². The number of aromatic amines is 1. The summed E-state index contributed by atoms with van der Waals surface area (Å²) in [7, 11) is 3.28. The standard InChI is InChI=1S/C14H16BrN3O2/c1-18(9-12-6-7-16-17-12)13(14(19)20-2)10-4-3-5-11(15)8-10/h3-8,13H,9H2,1-2H3,(H,16,17)/t13-/m0/s1. The van der Waals surface area contributed by atoms with E-state index in [4.69, 9.17) is 4.74 Å². The summed E-state index contributed by atoms with van der Waals surface area (Å²) in [6.07, 6.45) is 1.69. The van der Waals surface area contributed by atoms with E-state index in [9.17, 15) is 4.79 Å². The molecule has 6 heteroatoms. The molecule has 0 spiro atoms. The van der Waals surface area contributed by atoms with Gasteiger partial charge in [0.05, 0.1) is 7.11 Å². The molecule has 106 valence electrons. The van der Waals surface area contributed by atoms with Gasteiger partial charge < -0.3 is 4.74 Å². The highest BCUT2D eigenvalue weighted by Gasteiger charge is 2.26. The number of benzene rings is 1. The molecular formula is C14H16BrN3O2.